The van der Waals surface area contributed by atoms with Crippen LogP contribution in [-0.2, 0) is 9.59 Å². The van der Waals surface area contributed by atoms with Crippen molar-refractivity contribution in [2.24, 2.45) is 5.41 Å². The molecule has 16 heavy (non-hydrogen) atoms. The van der Waals surface area contributed by atoms with E-state index >= 15 is 0 Å². The number of carbonyl (C=O) groups is 2. The average molecular weight is 225 g/mol. The minimum absolute atomic E-state index is 0.0274. The van der Waals surface area contributed by atoms with Crippen LogP contribution in [0.15, 0.2) is 0 Å². The van der Waals surface area contributed by atoms with Gasteiger partial charge < -0.3 is 15.5 Å². The lowest BCUT2D eigenvalue weighted by atomic mass is 9.67. The smallest absolute Gasteiger partial charge is 0.238 e. The largest absolute Gasteiger partial charge is 0.358 e. The molecule has 0 aromatic heterocycles. The van der Waals surface area contributed by atoms with Crippen molar-refractivity contribution >= 4 is 11.8 Å². The molecule has 1 saturated carbocycles. The quantitative estimate of drug-likeness (QED) is 0.613. The standard InChI is InChI=1S/C11H19N3O2/c1-12-9(15)11(3-2-4-11)10(16)14-7-5-13-6-8-14/h13H,2-8H2,1H3,(H,12,15). The van der Waals surface area contributed by atoms with E-state index < -0.39 is 5.41 Å². The van der Waals surface area contributed by atoms with E-state index in [2.05, 4.69) is 10.6 Å². The zero-order valence-corrected chi connectivity index (χ0v) is 9.71. The highest BCUT2D eigenvalue weighted by atomic mass is 16.2. The summed E-state index contributed by atoms with van der Waals surface area (Å²) in [5.41, 5.74) is -0.744. The van der Waals surface area contributed by atoms with Crippen molar-refractivity contribution in [3.63, 3.8) is 0 Å². The Balaban J connectivity index is 2.08. The van der Waals surface area contributed by atoms with Gasteiger partial charge in [0.15, 0.2) is 0 Å². The molecule has 0 aromatic rings. The van der Waals surface area contributed by atoms with Gasteiger partial charge in [-0.05, 0) is 12.8 Å². The van der Waals surface area contributed by atoms with Crippen LogP contribution >= 0.6 is 0 Å². The van der Waals surface area contributed by atoms with E-state index in [0.717, 1.165) is 32.6 Å². The van der Waals surface area contributed by atoms with Crippen LogP contribution < -0.4 is 10.6 Å². The minimum atomic E-state index is -0.744. The number of amides is 2. The molecule has 2 amide bonds. The lowest BCUT2D eigenvalue weighted by Crippen LogP contribution is -2.58. The van der Waals surface area contributed by atoms with Crippen LogP contribution in [0.5, 0.6) is 0 Å². The first kappa shape index (κ1) is 11.4. The lowest BCUT2D eigenvalue weighted by molar-refractivity contribution is -0.157. The molecule has 0 aromatic carbocycles. The van der Waals surface area contributed by atoms with Gasteiger partial charge >= 0.3 is 0 Å². The number of hydrogen-bond donors (Lipinski definition) is 2. The third kappa shape index (κ3) is 1.69. The SMILES string of the molecule is CNC(=O)C1(C(=O)N2CCNCC2)CCC1. The topological polar surface area (TPSA) is 61.4 Å². The summed E-state index contributed by atoms with van der Waals surface area (Å²) in [7, 11) is 1.60. The molecule has 2 aliphatic rings. The van der Waals surface area contributed by atoms with Crippen molar-refractivity contribution in [3.8, 4) is 0 Å². The number of rotatable bonds is 2. The fourth-order valence-corrected chi connectivity index (χ4v) is 2.48. The van der Waals surface area contributed by atoms with E-state index in [0.29, 0.717) is 12.8 Å². The molecule has 5 heteroatoms. The molecule has 2 rings (SSSR count). The molecule has 2 N–H and O–H groups in total. The van der Waals surface area contributed by atoms with E-state index in [9.17, 15) is 9.59 Å². The molecule has 0 radical (unpaired) electrons. The van der Waals surface area contributed by atoms with Gasteiger partial charge in [0, 0.05) is 33.2 Å². The molecule has 90 valence electrons. The Hall–Kier alpha value is -1.10. The summed E-state index contributed by atoms with van der Waals surface area (Å²) in [5.74, 6) is -0.0816. The summed E-state index contributed by atoms with van der Waals surface area (Å²) >= 11 is 0. The maximum Gasteiger partial charge on any atom is 0.238 e. The van der Waals surface area contributed by atoms with Gasteiger partial charge in [0.25, 0.3) is 0 Å². The van der Waals surface area contributed by atoms with Gasteiger partial charge in [0.1, 0.15) is 5.41 Å². The van der Waals surface area contributed by atoms with Crippen molar-refractivity contribution in [2.45, 2.75) is 19.3 Å². The minimum Gasteiger partial charge on any atom is -0.358 e. The molecule has 0 atom stereocenters. The molecule has 5 nitrogen and oxygen atoms in total. The molecule has 0 bridgehead atoms. The van der Waals surface area contributed by atoms with Gasteiger partial charge in [-0.15, -0.1) is 0 Å². The van der Waals surface area contributed by atoms with Crippen LogP contribution in [0, 0.1) is 5.41 Å². The summed E-state index contributed by atoms with van der Waals surface area (Å²) in [4.78, 5) is 26.0. The van der Waals surface area contributed by atoms with E-state index in [-0.39, 0.29) is 11.8 Å². The maximum atomic E-state index is 12.3. The fraction of sp³-hybridized carbons (Fsp3) is 0.818. The Labute approximate surface area is 95.6 Å². The van der Waals surface area contributed by atoms with E-state index in [4.69, 9.17) is 0 Å². The van der Waals surface area contributed by atoms with E-state index in [1.807, 2.05) is 4.90 Å². The van der Waals surface area contributed by atoms with Gasteiger partial charge in [0.05, 0.1) is 0 Å². The number of carbonyl (C=O) groups excluding carboxylic acids is 2. The monoisotopic (exact) mass is 225 g/mol. The highest BCUT2D eigenvalue weighted by molar-refractivity contribution is 6.05. The van der Waals surface area contributed by atoms with Gasteiger partial charge in [-0.3, -0.25) is 9.59 Å². The third-order valence-corrected chi connectivity index (χ3v) is 3.68. The number of nitrogens with one attached hydrogen (secondary N) is 2. The van der Waals surface area contributed by atoms with Crippen molar-refractivity contribution in [2.75, 3.05) is 33.2 Å². The normalized spacial score (nSPS) is 23.4. The molecule has 1 heterocycles. The van der Waals surface area contributed by atoms with Crippen LogP contribution in [-0.4, -0.2) is 49.9 Å². The van der Waals surface area contributed by atoms with Gasteiger partial charge in [-0.25, -0.2) is 0 Å². The Kier molecular flexibility index (Phi) is 3.14. The summed E-state index contributed by atoms with van der Waals surface area (Å²) < 4.78 is 0. The number of piperazine rings is 1. The fourth-order valence-electron chi connectivity index (χ4n) is 2.48. The van der Waals surface area contributed by atoms with Gasteiger partial charge in [0.2, 0.25) is 11.8 Å². The third-order valence-electron chi connectivity index (χ3n) is 3.68. The van der Waals surface area contributed by atoms with E-state index in [1.165, 1.54) is 0 Å². The summed E-state index contributed by atoms with van der Waals surface area (Å²) in [6.07, 6.45) is 2.39. The molecule has 1 saturated heterocycles. The Morgan fingerprint density at radius 2 is 1.88 bits per heavy atom. The van der Waals surface area contributed by atoms with Crippen LogP contribution in [0.3, 0.4) is 0 Å². The van der Waals surface area contributed by atoms with Crippen LogP contribution in [0.4, 0.5) is 0 Å². The molecule has 1 aliphatic heterocycles. The number of nitrogens with zero attached hydrogens (tertiary/aromatic N) is 1. The second kappa shape index (κ2) is 4.41. The Morgan fingerprint density at radius 1 is 1.25 bits per heavy atom. The Morgan fingerprint density at radius 3 is 2.31 bits per heavy atom. The van der Waals surface area contributed by atoms with Gasteiger partial charge in [-0.1, -0.05) is 6.42 Å². The predicted octanol–water partition coefficient (Wildman–Crippen LogP) is -0.665. The molecular weight excluding hydrogens is 206 g/mol. The van der Waals surface area contributed by atoms with Crippen LogP contribution in [0.2, 0.25) is 0 Å². The first-order valence-corrected chi connectivity index (χ1v) is 5.93. The van der Waals surface area contributed by atoms with Crippen molar-refractivity contribution in [1.29, 1.82) is 0 Å². The summed E-state index contributed by atoms with van der Waals surface area (Å²) in [6.45, 7) is 3.10. The molecule has 2 fully saturated rings. The Bertz CT molecular complexity index is 294. The average Bonchev–Trinajstić information content (AvgIpc) is 2.28. The molecule has 1 aliphatic carbocycles. The predicted molar refractivity (Wildman–Crippen MR) is 59.8 cm³/mol. The maximum absolute atomic E-state index is 12.3. The first-order valence-electron chi connectivity index (χ1n) is 5.93. The summed E-state index contributed by atoms with van der Waals surface area (Å²) in [5, 5.41) is 5.83. The second-order valence-electron chi connectivity index (χ2n) is 4.56. The van der Waals surface area contributed by atoms with Crippen molar-refractivity contribution < 1.29 is 9.59 Å². The van der Waals surface area contributed by atoms with Crippen molar-refractivity contribution in [3.05, 3.63) is 0 Å². The van der Waals surface area contributed by atoms with Gasteiger partial charge in [-0.2, -0.15) is 0 Å². The van der Waals surface area contributed by atoms with Crippen LogP contribution in [0.25, 0.3) is 0 Å². The first-order chi connectivity index (χ1) is 7.70. The molecule has 0 spiro atoms. The number of hydrogen-bond acceptors (Lipinski definition) is 3. The van der Waals surface area contributed by atoms with E-state index in [1.54, 1.807) is 7.05 Å². The highest BCUT2D eigenvalue weighted by Crippen LogP contribution is 2.42. The highest BCUT2D eigenvalue weighted by Gasteiger charge is 2.52. The lowest BCUT2D eigenvalue weighted by Gasteiger charge is -2.42. The zero-order chi connectivity index (χ0) is 11.6. The molecule has 0 unspecified atom stereocenters. The zero-order valence-electron chi connectivity index (χ0n) is 9.71. The van der Waals surface area contributed by atoms with Crippen LogP contribution in [0.1, 0.15) is 19.3 Å². The van der Waals surface area contributed by atoms with Crippen molar-refractivity contribution in [1.82, 2.24) is 15.5 Å². The molecular formula is C11H19N3O2. The second-order valence-corrected chi connectivity index (χ2v) is 4.56. The summed E-state index contributed by atoms with van der Waals surface area (Å²) in [6, 6.07) is 0.